The first-order chi connectivity index (χ1) is 8.04. The molecule has 0 spiro atoms. The highest BCUT2D eigenvalue weighted by Gasteiger charge is 2.56. The molecule has 3 atom stereocenters. The molecule has 2 aliphatic heterocycles. The van der Waals surface area contributed by atoms with Crippen LogP contribution in [-0.2, 0) is 0 Å². The van der Waals surface area contributed by atoms with E-state index in [1.54, 1.807) is 0 Å². The van der Waals surface area contributed by atoms with E-state index in [1.807, 2.05) is 0 Å². The van der Waals surface area contributed by atoms with Gasteiger partial charge in [0.25, 0.3) is 0 Å². The molecule has 1 aliphatic carbocycles. The number of aliphatic hydroxyl groups is 1. The van der Waals surface area contributed by atoms with Gasteiger partial charge in [0.15, 0.2) is 0 Å². The second-order valence-corrected chi connectivity index (χ2v) is 5.66. The Morgan fingerprint density at radius 1 is 1.53 bits per heavy atom. The molecule has 1 N–H and O–H groups in total. The number of fused-ring (bicyclic) bond motifs is 3. The lowest BCUT2D eigenvalue weighted by atomic mass is 9.86. The molecule has 0 aromatic heterocycles. The summed E-state index contributed by atoms with van der Waals surface area (Å²) in [7, 11) is 0. The largest absolute Gasteiger partial charge is 0.381 e. The second-order valence-electron chi connectivity index (χ2n) is 5.66. The Hall–Kier alpha value is -0.930. The molecule has 0 radical (unpaired) electrons. The first-order valence-corrected chi connectivity index (χ1v) is 6.49. The average Bonchev–Trinajstić information content (AvgIpc) is 2.66. The Balaban J connectivity index is 2.05. The zero-order chi connectivity index (χ0) is 12.2. The normalized spacial score (nSPS) is 40.3. The fourth-order valence-corrected chi connectivity index (χ4v) is 3.57. The van der Waals surface area contributed by atoms with E-state index in [-0.39, 0.29) is 6.17 Å². The molecule has 1 fully saturated rings. The van der Waals surface area contributed by atoms with Crippen LogP contribution in [0.15, 0.2) is 28.8 Å². The number of aliphatic imine (C=N–C) groups is 1. The number of nitrogens with zero attached hydrogens (tertiary/aromatic N) is 2. The minimum absolute atomic E-state index is 0.0819. The Morgan fingerprint density at radius 2 is 2.29 bits per heavy atom. The molecule has 17 heavy (non-hydrogen) atoms. The van der Waals surface area contributed by atoms with Gasteiger partial charge in [-0.15, -0.1) is 0 Å². The van der Waals surface area contributed by atoms with Crippen LogP contribution < -0.4 is 0 Å². The molecule has 0 bridgehead atoms. The van der Waals surface area contributed by atoms with Gasteiger partial charge in [0.1, 0.15) is 11.8 Å². The monoisotopic (exact) mass is 232 g/mol. The molecule has 0 aromatic rings. The maximum atomic E-state index is 11.0. The van der Waals surface area contributed by atoms with Crippen LogP contribution in [0.5, 0.6) is 0 Å². The van der Waals surface area contributed by atoms with Crippen molar-refractivity contribution in [2.75, 3.05) is 0 Å². The maximum absolute atomic E-state index is 11.0. The van der Waals surface area contributed by atoms with E-state index in [0.717, 1.165) is 24.1 Å². The van der Waals surface area contributed by atoms with Crippen LogP contribution in [0.3, 0.4) is 0 Å². The van der Waals surface area contributed by atoms with Crippen LogP contribution in [0.25, 0.3) is 0 Å². The van der Waals surface area contributed by atoms with Crippen LogP contribution in [0.4, 0.5) is 0 Å². The number of rotatable bonds is 1. The van der Waals surface area contributed by atoms with Gasteiger partial charge in [-0.25, -0.2) is 0 Å². The highest BCUT2D eigenvalue weighted by Crippen LogP contribution is 2.46. The molecule has 3 heteroatoms. The first kappa shape index (κ1) is 11.2. The van der Waals surface area contributed by atoms with Gasteiger partial charge in [0.2, 0.25) is 0 Å². The Kier molecular flexibility index (Phi) is 2.32. The Bertz CT molecular complexity index is 436. The average molecular weight is 232 g/mol. The number of hydrogen-bond acceptors (Lipinski definition) is 3. The van der Waals surface area contributed by atoms with Crippen LogP contribution in [-0.4, -0.2) is 39.6 Å². The fraction of sp³-hybridized carbons (Fsp3) is 0.643. The molecule has 1 saturated heterocycles. The lowest BCUT2D eigenvalue weighted by Gasteiger charge is -2.31. The summed E-state index contributed by atoms with van der Waals surface area (Å²) in [5.74, 6) is 0. The highest BCUT2D eigenvalue weighted by atomic mass is 16.3. The number of likely N-dealkylation sites (tertiary alicyclic amines) is 1. The fourth-order valence-electron chi connectivity index (χ4n) is 3.57. The van der Waals surface area contributed by atoms with Crippen molar-refractivity contribution in [1.82, 2.24) is 4.90 Å². The smallest absolute Gasteiger partial charge is 0.136 e. The van der Waals surface area contributed by atoms with Gasteiger partial charge in [-0.3, -0.25) is 9.89 Å². The predicted octanol–water partition coefficient (Wildman–Crippen LogP) is 1.89. The van der Waals surface area contributed by atoms with Gasteiger partial charge in [0.05, 0.1) is 5.71 Å². The topological polar surface area (TPSA) is 35.8 Å². The van der Waals surface area contributed by atoms with Crippen molar-refractivity contribution in [2.24, 2.45) is 4.99 Å². The van der Waals surface area contributed by atoms with Crippen molar-refractivity contribution in [3.8, 4) is 0 Å². The molecule has 0 saturated carbocycles. The molecule has 0 aromatic carbocycles. The van der Waals surface area contributed by atoms with Crippen LogP contribution in [0, 0.1) is 0 Å². The summed E-state index contributed by atoms with van der Waals surface area (Å²) in [6.07, 6.45) is 7.92. The van der Waals surface area contributed by atoms with Crippen molar-refractivity contribution in [3.05, 3.63) is 23.8 Å². The zero-order valence-electron chi connectivity index (χ0n) is 10.7. The minimum Gasteiger partial charge on any atom is -0.381 e. The first-order valence-electron chi connectivity index (χ1n) is 6.49. The van der Waals surface area contributed by atoms with Gasteiger partial charge in [-0.1, -0.05) is 12.2 Å². The predicted molar refractivity (Wildman–Crippen MR) is 69.1 cm³/mol. The van der Waals surface area contributed by atoms with E-state index in [2.05, 4.69) is 43.9 Å². The molecule has 0 amide bonds. The molecule has 2 heterocycles. The standard InChI is InChI=1S/C14H20N2O/c1-9(2)16-10(3)8-14(17)11-6-4-5-7-12(11)15-13(14)16/h5-7,9-10,13,17H,4,8H2,1-3H3/t10-,13+,14-/m1/s1. The maximum Gasteiger partial charge on any atom is 0.136 e. The summed E-state index contributed by atoms with van der Waals surface area (Å²) in [5, 5.41) is 11.0. The van der Waals surface area contributed by atoms with E-state index in [0.29, 0.717) is 12.1 Å². The van der Waals surface area contributed by atoms with Gasteiger partial charge in [-0.2, -0.15) is 0 Å². The van der Waals surface area contributed by atoms with Gasteiger partial charge in [-0.05, 0) is 39.7 Å². The van der Waals surface area contributed by atoms with E-state index >= 15 is 0 Å². The third kappa shape index (κ3) is 1.39. The van der Waals surface area contributed by atoms with Crippen LogP contribution >= 0.6 is 0 Å². The van der Waals surface area contributed by atoms with Crippen LogP contribution in [0.2, 0.25) is 0 Å². The van der Waals surface area contributed by atoms with E-state index in [4.69, 9.17) is 4.99 Å². The summed E-state index contributed by atoms with van der Waals surface area (Å²) < 4.78 is 0. The molecule has 92 valence electrons. The van der Waals surface area contributed by atoms with Crippen molar-refractivity contribution >= 4 is 5.71 Å². The Morgan fingerprint density at radius 3 is 3.00 bits per heavy atom. The van der Waals surface area contributed by atoms with E-state index in [1.165, 1.54) is 0 Å². The highest BCUT2D eigenvalue weighted by molar-refractivity contribution is 6.12. The van der Waals surface area contributed by atoms with Crippen LogP contribution in [0.1, 0.15) is 33.6 Å². The third-order valence-electron chi connectivity index (χ3n) is 4.16. The zero-order valence-corrected chi connectivity index (χ0v) is 10.7. The number of hydrogen-bond donors (Lipinski definition) is 1. The molecule has 3 aliphatic rings. The molecule has 3 nitrogen and oxygen atoms in total. The third-order valence-corrected chi connectivity index (χ3v) is 4.16. The number of allylic oxidation sites excluding steroid dienone is 3. The molecule has 0 unspecified atom stereocenters. The summed E-state index contributed by atoms with van der Waals surface area (Å²) in [4.78, 5) is 7.07. The molecule has 3 rings (SSSR count). The van der Waals surface area contributed by atoms with Crippen molar-refractivity contribution < 1.29 is 5.11 Å². The summed E-state index contributed by atoms with van der Waals surface area (Å²) >= 11 is 0. The summed E-state index contributed by atoms with van der Waals surface area (Å²) in [6.45, 7) is 6.54. The van der Waals surface area contributed by atoms with E-state index in [9.17, 15) is 5.11 Å². The molecular formula is C14H20N2O. The molecular weight excluding hydrogens is 212 g/mol. The lowest BCUT2D eigenvalue weighted by Crippen LogP contribution is -2.45. The Labute approximate surface area is 103 Å². The van der Waals surface area contributed by atoms with Gasteiger partial charge >= 0.3 is 0 Å². The summed E-state index contributed by atoms with van der Waals surface area (Å²) in [6, 6.07) is 0.806. The van der Waals surface area contributed by atoms with E-state index < -0.39 is 5.60 Å². The lowest BCUT2D eigenvalue weighted by molar-refractivity contribution is 0.0426. The van der Waals surface area contributed by atoms with Crippen molar-refractivity contribution in [3.63, 3.8) is 0 Å². The minimum atomic E-state index is -0.746. The second kappa shape index (κ2) is 3.53. The van der Waals surface area contributed by atoms with Gasteiger partial charge < -0.3 is 5.11 Å². The van der Waals surface area contributed by atoms with Crippen molar-refractivity contribution in [1.29, 1.82) is 0 Å². The van der Waals surface area contributed by atoms with Gasteiger partial charge in [0, 0.05) is 17.7 Å². The quantitative estimate of drug-likeness (QED) is 0.749. The van der Waals surface area contributed by atoms with Crippen molar-refractivity contribution in [2.45, 2.75) is 57.5 Å². The SMILES string of the molecule is CC(C)N1[C@H](C)C[C@@]2(O)C3=CCC=CC3=N[C@@H]12. The summed E-state index contributed by atoms with van der Waals surface area (Å²) in [5.41, 5.74) is 1.30.